The van der Waals surface area contributed by atoms with Crippen molar-refractivity contribution >= 4 is 0 Å². The van der Waals surface area contributed by atoms with Gasteiger partial charge in [-0.3, -0.25) is 0 Å². The van der Waals surface area contributed by atoms with Crippen LogP contribution in [0.4, 0.5) is 0 Å². The van der Waals surface area contributed by atoms with Crippen LogP contribution in [-0.4, -0.2) is 36.1 Å². The number of benzene rings is 1. The van der Waals surface area contributed by atoms with Gasteiger partial charge in [-0.25, -0.2) is 0 Å². The molecule has 0 saturated carbocycles. The normalized spacial score (nSPS) is 10.6. The van der Waals surface area contributed by atoms with Crippen LogP contribution in [0.1, 0.15) is 17.3 Å². The zero-order valence-electron chi connectivity index (χ0n) is 11.6. The van der Waals surface area contributed by atoms with E-state index in [2.05, 4.69) is 10.2 Å². The van der Waals surface area contributed by atoms with Crippen molar-refractivity contribution in [3.63, 3.8) is 0 Å². The maximum atomic E-state index is 8.80. The first-order valence-corrected chi connectivity index (χ1v) is 6.40. The number of ether oxygens (including phenoxy) is 2. The Bertz CT molecular complexity index is 554. The van der Waals surface area contributed by atoms with Crippen molar-refractivity contribution in [2.75, 3.05) is 20.8 Å². The van der Waals surface area contributed by atoms with E-state index in [4.69, 9.17) is 19.0 Å². The van der Waals surface area contributed by atoms with E-state index in [1.807, 2.05) is 18.2 Å². The van der Waals surface area contributed by atoms with Gasteiger partial charge in [0.05, 0.1) is 20.8 Å². The average molecular weight is 278 g/mol. The average Bonchev–Trinajstić information content (AvgIpc) is 2.93. The van der Waals surface area contributed by atoms with Crippen molar-refractivity contribution in [3.8, 4) is 11.5 Å². The van der Waals surface area contributed by atoms with Crippen LogP contribution >= 0.6 is 0 Å². The van der Waals surface area contributed by atoms with E-state index >= 15 is 0 Å². The Balaban J connectivity index is 2.02. The van der Waals surface area contributed by atoms with Crippen molar-refractivity contribution in [1.29, 1.82) is 0 Å². The minimum absolute atomic E-state index is 0.00787. The van der Waals surface area contributed by atoms with E-state index < -0.39 is 0 Å². The van der Waals surface area contributed by atoms with E-state index in [1.165, 1.54) is 0 Å². The lowest BCUT2D eigenvalue weighted by atomic mass is 10.1. The quantitative estimate of drug-likeness (QED) is 0.825. The molecule has 0 spiro atoms. The summed E-state index contributed by atoms with van der Waals surface area (Å²) in [6, 6.07) is 5.70. The lowest BCUT2D eigenvalue weighted by Crippen LogP contribution is -1.96. The van der Waals surface area contributed by atoms with E-state index in [9.17, 15) is 0 Å². The summed E-state index contributed by atoms with van der Waals surface area (Å²) in [6.07, 6.45) is 1.74. The minimum atomic E-state index is 0.00787. The fourth-order valence-electron chi connectivity index (χ4n) is 1.89. The summed E-state index contributed by atoms with van der Waals surface area (Å²) >= 11 is 0. The third kappa shape index (κ3) is 3.48. The first-order valence-electron chi connectivity index (χ1n) is 6.40. The van der Waals surface area contributed by atoms with Crippen LogP contribution in [0.5, 0.6) is 11.5 Å². The standard InChI is InChI=1S/C14H18N2O4/c1-18-11-5-3-10(12(9-11)19-2)4-6-13-15-16-14(20-13)7-8-17/h3,5,9,17H,4,6-8H2,1-2H3. The molecule has 1 aromatic heterocycles. The number of aliphatic hydroxyl groups excluding tert-OH is 1. The molecule has 0 unspecified atom stereocenters. The van der Waals surface area contributed by atoms with Crippen molar-refractivity contribution < 1.29 is 19.0 Å². The van der Waals surface area contributed by atoms with Crippen molar-refractivity contribution in [2.45, 2.75) is 19.3 Å². The maximum absolute atomic E-state index is 8.80. The Morgan fingerprint density at radius 2 is 1.80 bits per heavy atom. The molecule has 0 radical (unpaired) electrons. The molecule has 20 heavy (non-hydrogen) atoms. The zero-order valence-corrected chi connectivity index (χ0v) is 11.6. The van der Waals surface area contributed by atoms with E-state index in [1.54, 1.807) is 14.2 Å². The number of hydrogen-bond donors (Lipinski definition) is 1. The summed E-state index contributed by atoms with van der Waals surface area (Å²) < 4.78 is 15.9. The van der Waals surface area contributed by atoms with Crippen LogP contribution in [0.25, 0.3) is 0 Å². The van der Waals surface area contributed by atoms with Crippen molar-refractivity contribution in [2.24, 2.45) is 0 Å². The summed E-state index contributed by atoms with van der Waals surface area (Å²) in [5.41, 5.74) is 1.05. The van der Waals surface area contributed by atoms with Gasteiger partial charge in [0.25, 0.3) is 0 Å². The number of hydrogen-bond acceptors (Lipinski definition) is 6. The molecule has 6 nitrogen and oxygen atoms in total. The highest BCUT2D eigenvalue weighted by atomic mass is 16.5. The van der Waals surface area contributed by atoms with Gasteiger partial charge in [-0.15, -0.1) is 10.2 Å². The van der Waals surface area contributed by atoms with Gasteiger partial charge in [-0.1, -0.05) is 6.07 Å². The first-order chi connectivity index (χ1) is 9.76. The summed E-state index contributed by atoms with van der Waals surface area (Å²) in [4.78, 5) is 0. The zero-order chi connectivity index (χ0) is 14.4. The molecule has 1 heterocycles. The number of rotatable bonds is 7. The van der Waals surface area contributed by atoms with Gasteiger partial charge in [-0.05, 0) is 18.1 Å². The first kappa shape index (κ1) is 14.3. The largest absolute Gasteiger partial charge is 0.497 e. The summed E-state index contributed by atoms with van der Waals surface area (Å²) in [7, 11) is 3.25. The van der Waals surface area contributed by atoms with Crippen LogP contribution in [0, 0.1) is 0 Å². The fourth-order valence-corrected chi connectivity index (χ4v) is 1.89. The Labute approximate surface area is 117 Å². The van der Waals surface area contributed by atoms with Gasteiger partial charge < -0.3 is 19.0 Å². The summed E-state index contributed by atoms with van der Waals surface area (Å²) in [5.74, 6) is 2.56. The van der Waals surface area contributed by atoms with Crippen LogP contribution in [0.3, 0.4) is 0 Å². The van der Waals surface area contributed by atoms with Crippen molar-refractivity contribution in [1.82, 2.24) is 10.2 Å². The van der Waals surface area contributed by atoms with E-state index in [0.717, 1.165) is 23.5 Å². The SMILES string of the molecule is COc1ccc(CCc2nnc(CCO)o2)c(OC)c1. The maximum Gasteiger partial charge on any atom is 0.218 e. The second-order valence-corrected chi connectivity index (χ2v) is 4.24. The van der Waals surface area contributed by atoms with Gasteiger partial charge in [-0.2, -0.15) is 0 Å². The van der Waals surface area contributed by atoms with Crippen LogP contribution < -0.4 is 9.47 Å². The van der Waals surface area contributed by atoms with Gasteiger partial charge in [0.15, 0.2) is 0 Å². The number of methoxy groups -OCH3 is 2. The molecule has 0 aliphatic rings. The number of aromatic nitrogens is 2. The molecule has 1 aromatic carbocycles. The molecule has 0 aliphatic heterocycles. The highest BCUT2D eigenvalue weighted by molar-refractivity contribution is 5.40. The monoisotopic (exact) mass is 278 g/mol. The van der Waals surface area contributed by atoms with Gasteiger partial charge in [0.2, 0.25) is 11.8 Å². The second-order valence-electron chi connectivity index (χ2n) is 4.24. The summed E-state index contributed by atoms with van der Waals surface area (Å²) in [5, 5.41) is 16.6. The topological polar surface area (TPSA) is 77.6 Å². The highest BCUT2D eigenvalue weighted by Crippen LogP contribution is 2.25. The molecule has 0 saturated heterocycles. The molecule has 0 amide bonds. The van der Waals surface area contributed by atoms with Crippen LogP contribution in [-0.2, 0) is 19.3 Å². The Morgan fingerprint density at radius 3 is 2.45 bits per heavy atom. The molecule has 1 N–H and O–H groups in total. The number of aliphatic hydroxyl groups is 1. The Hall–Kier alpha value is -2.08. The van der Waals surface area contributed by atoms with Crippen LogP contribution in [0.2, 0.25) is 0 Å². The third-order valence-corrected chi connectivity index (χ3v) is 2.94. The lowest BCUT2D eigenvalue weighted by molar-refractivity contribution is 0.283. The molecule has 2 rings (SSSR count). The number of aryl methyl sites for hydroxylation is 2. The molecule has 0 fully saturated rings. The summed E-state index contributed by atoms with van der Waals surface area (Å²) in [6.45, 7) is 0.00787. The third-order valence-electron chi connectivity index (χ3n) is 2.94. The fraction of sp³-hybridized carbons (Fsp3) is 0.429. The van der Waals surface area contributed by atoms with Gasteiger partial charge in [0.1, 0.15) is 11.5 Å². The predicted octanol–water partition coefficient (Wildman–Crippen LogP) is 1.41. The smallest absolute Gasteiger partial charge is 0.218 e. The molecule has 108 valence electrons. The molecular formula is C14H18N2O4. The molecule has 6 heteroatoms. The molecule has 2 aromatic rings. The molecule has 0 bridgehead atoms. The highest BCUT2D eigenvalue weighted by Gasteiger charge is 2.09. The number of nitrogens with zero attached hydrogens (tertiary/aromatic N) is 2. The minimum Gasteiger partial charge on any atom is -0.497 e. The van der Waals surface area contributed by atoms with E-state index in [0.29, 0.717) is 24.6 Å². The van der Waals surface area contributed by atoms with Gasteiger partial charge >= 0.3 is 0 Å². The van der Waals surface area contributed by atoms with Crippen LogP contribution in [0.15, 0.2) is 22.6 Å². The Morgan fingerprint density at radius 1 is 1.05 bits per heavy atom. The van der Waals surface area contributed by atoms with Gasteiger partial charge in [0, 0.05) is 18.9 Å². The van der Waals surface area contributed by atoms with E-state index in [-0.39, 0.29) is 6.61 Å². The lowest BCUT2D eigenvalue weighted by Gasteiger charge is -2.09. The molecule has 0 aliphatic carbocycles. The Kier molecular flexibility index (Phi) is 4.95. The second kappa shape index (κ2) is 6.91. The predicted molar refractivity (Wildman–Crippen MR) is 72.0 cm³/mol. The van der Waals surface area contributed by atoms with Crippen molar-refractivity contribution in [3.05, 3.63) is 35.5 Å². The molecular weight excluding hydrogens is 260 g/mol. The molecule has 0 atom stereocenters.